The molecule has 0 bridgehead atoms. The molecule has 31 heavy (non-hydrogen) atoms. The van der Waals surface area contributed by atoms with Crippen molar-refractivity contribution in [1.29, 1.82) is 0 Å². The van der Waals surface area contributed by atoms with Gasteiger partial charge in [-0.05, 0) is 19.1 Å². The summed E-state index contributed by atoms with van der Waals surface area (Å²) in [5, 5.41) is 15.4. The van der Waals surface area contributed by atoms with Gasteiger partial charge in [0.05, 0.1) is 56.4 Å². The summed E-state index contributed by atoms with van der Waals surface area (Å²) in [5.41, 5.74) is 1.73. The Morgan fingerprint density at radius 3 is 2.29 bits per heavy atom. The normalized spacial score (nSPS) is 10.7. The predicted molar refractivity (Wildman–Crippen MR) is 109 cm³/mol. The Balaban J connectivity index is 1.75. The van der Waals surface area contributed by atoms with E-state index in [1.807, 2.05) is 30.3 Å². The Hall–Kier alpha value is -4.02. The molecular formula is C20H22N6O5. The van der Waals surface area contributed by atoms with Crippen LogP contribution in [0.2, 0.25) is 0 Å². The lowest BCUT2D eigenvalue weighted by Gasteiger charge is -2.15. The number of nitrogens with one attached hydrogen (secondary N) is 1. The van der Waals surface area contributed by atoms with E-state index in [4.69, 9.17) is 0 Å². The standard InChI is InChI=1S/C20H22N6O5/c1-13-19(24-26(23-13)15-7-5-4-6-8-15)20(29)22-14-11-21-25(12-14)16(9-17(27)30-2)10-18(28)31-3/h4-8,11-12,16H,9-10H2,1-3H3,(H,22,29). The van der Waals surface area contributed by atoms with Crippen molar-refractivity contribution in [3.63, 3.8) is 0 Å². The van der Waals surface area contributed by atoms with E-state index in [2.05, 4.69) is 30.1 Å². The highest BCUT2D eigenvalue weighted by Crippen LogP contribution is 2.20. The number of nitrogens with zero attached hydrogens (tertiary/aromatic N) is 5. The van der Waals surface area contributed by atoms with Gasteiger partial charge in [-0.3, -0.25) is 19.1 Å². The second-order valence-corrected chi connectivity index (χ2v) is 6.64. The van der Waals surface area contributed by atoms with E-state index in [-0.39, 0.29) is 18.5 Å². The van der Waals surface area contributed by atoms with Crippen molar-refractivity contribution in [3.8, 4) is 5.69 Å². The first kappa shape index (κ1) is 21.7. The van der Waals surface area contributed by atoms with E-state index in [1.165, 1.54) is 36.1 Å². The van der Waals surface area contributed by atoms with Crippen LogP contribution in [-0.2, 0) is 19.1 Å². The van der Waals surface area contributed by atoms with Crippen LogP contribution in [0.5, 0.6) is 0 Å². The summed E-state index contributed by atoms with van der Waals surface area (Å²) in [6.07, 6.45) is 2.78. The zero-order valence-corrected chi connectivity index (χ0v) is 17.3. The minimum atomic E-state index is -0.619. The highest BCUT2D eigenvalue weighted by atomic mass is 16.5. The average Bonchev–Trinajstić information content (AvgIpc) is 3.40. The number of rotatable bonds is 8. The zero-order chi connectivity index (χ0) is 22.4. The van der Waals surface area contributed by atoms with E-state index in [0.717, 1.165) is 5.69 Å². The lowest BCUT2D eigenvalue weighted by Crippen LogP contribution is -2.19. The molecule has 0 fully saturated rings. The van der Waals surface area contributed by atoms with Gasteiger partial charge in [-0.1, -0.05) is 18.2 Å². The molecule has 1 amide bonds. The number of benzene rings is 1. The largest absolute Gasteiger partial charge is 0.469 e. The molecule has 0 unspecified atom stereocenters. The number of methoxy groups -OCH3 is 2. The van der Waals surface area contributed by atoms with Gasteiger partial charge in [-0.15, -0.1) is 5.10 Å². The number of aryl methyl sites for hydroxylation is 1. The fourth-order valence-corrected chi connectivity index (χ4v) is 2.87. The van der Waals surface area contributed by atoms with Gasteiger partial charge in [-0.25, -0.2) is 0 Å². The topological polar surface area (TPSA) is 130 Å². The molecule has 0 aliphatic heterocycles. The minimum Gasteiger partial charge on any atom is -0.469 e. The first-order valence-electron chi connectivity index (χ1n) is 9.39. The highest BCUT2D eigenvalue weighted by molar-refractivity contribution is 6.03. The van der Waals surface area contributed by atoms with Crippen molar-refractivity contribution in [2.75, 3.05) is 19.5 Å². The Bertz CT molecular complexity index is 1060. The van der Waals surface area contributed by atoms with Crippen LogP contribution in [-0.4, -0.2) is 56.8 Å². The minimum absolute atomic E-state index is 0.0782. The van der Waals surface area contributed by atoms with Crippen molar-refractivity contribution in [2.24, 2.45) is 0 Å². The SMILES string of the molecule is COC(=O)CC(CC(=O)OC)n1cc(NC(=O)c2nn(-c3ccccc3)nc2C)cn1. The quantitative estimate of drug-likeness (QED) is 0.539. The highest BCUT2D eigenvalue weighted by Gasteiger charge is 2.22. The van der Waals surface area contributed by atoms with Crippen LogP contribution in [0.25, 0.3) is 5.69 Å². The molecule has 0 radical (unpaired) electrons. The van der Waals surface area contributed by atoms with Gasteiger partial charge >= 0.3 is 11.9 Å². The number of ether oxygens (including phenoxy) is 2. The Morgan fingerprint density at radius 2 is 1.68 bits per heavy atom. The third-order valence-corrected chi connectivity index (χ3v) is 4.48. The first-order chi connectivity index (χ1) is 14.9. The lowest BCUT2D eigenvalue weighted by atomic mass is 10.1. The molecule has 3 aromatic rings. The van der Waals surface area contributed by atoms with Crippen molar-refractivity contribution >= 4 is 23.5 Å². The molecule has 1 aromatic carbocycles. The summed E-state index contributed by atoms with van der Waals surface area (Å²) in [5.74, 6) is -1.46. The molecule has 0 spiro atoms. The number of hydrogen-bond acceptors (Lipinski definition) is 8. The average molecular weight is 426 g/mol. The predicted octanol–water partition coefficient (Wildman–Crippen LogP) is 1.69. The van der Waals surface area contributed by atoms with Gasteiger partial charge in [-0.2, -0.15) is 15.0 Å². The monoisotopic (exact) mass is 426 g/mol. The van der Waals surface area contributed by atoms with Gasteiger partial charge in [0.1, 0.15) is 0 Å². The fourth-order valence-electron chi connectivity index (χ4n) is 2.87. The van der Waals surface area contributed by atoms with E-state index >= 15 is 0 Å². The molecule has 2 heterocycles. The summed E-state index contributed by atoms with van der Waals surface area (Å²) in [7, 11) is 2.52. The molecule has 1 N–H and O–H groups in total. The van der Waals surface area contributed by atoms with E-state index in [9.17, 15) is 14.4 Å². The van der Waals surface area contributed by atoms with Gasteiger partial charge < -0.3 is 14.8 Å². The van der Waals surface area contributed by atoms with Crippen molar-refractivity contribution in [1.82, 2.24) is 24.8 Å². The van der Waals surface area contributed by atoms with Gasteiger partial charge in [0.2, 0.25) is 0 Å². The van der Waals surface area contributed by atoms with Crippen LogP contribution in [0.15, 0.2) is 42.7 Å². The maximum Gasteiger partial charge on any atom is 0.307 e. The number of amides is 1. The van der Waals surface area contributed by atoms with Crippen LogP contribution in [0, 0.1) is 6.92 Å². The molecule has 11 nitrogen and oxygen atoms in total. The summed E-state index contributed by atoms with van der Waals surface area (Å²) >= 11 is 0. The molecule has 0 aliphatic rings. The molecule has 0 saturated carbocycles. The number of esters is 2. The fraction of sp³-hybridized carbons (Fsp3) is 0.300. The number of anilines is 1. The number of aromatic nitrogens is 5. The third-order valence-electron chi connectivity index (χ3n) is 4.48. The van der Waals surface area contributed by atoms with Gasteiger partial charge in [0, 0.05) is 6.20 Å². The molecular weight excluding hydrogens is 404 g/mol. The van der Waals surface area contributed by atoms with Gasteiger partial charge in [0.15, 0.2) is 5.69 Å². The number of para-hydroxylation sites is 1. The van der Waals surface area contributed by atoms with Crippen molar-refractivity contribution in [2.45, 2.75) is 25.8 Å². The second-order valence-electron chi connectivity index (χ2n) is 6.64. The van der Waals surface area contributed by atoms with Gasteiger partial charge in [0.25, 0.3) is 5.91 Å². The molecule has 0 saturated heterocycles. The number of hydrogen-bond donors (Lipinski definition) is 1. The third kappa shape index (κ3) is 5.32. The van der Waals surface area contributed by atoms with E-state index in [0.29, 0.717) is 11.4 Å². The molecule has 2 aromatic heterocycles. The molecule has 0 aliphatic carbocycles. The summed E-state index contributed by atoms with van der Waals surface area (Å²) in [6, 6.07) is 8.61. The summed E-state index contributed by atoms with van der Waals surface area (Å²) in [4.78, 5) is 37.5. The Kier molecular flexibility index (Phi) is 6.75. The van der Waals surface area contributed by atoms with Crippen LogP contribution in [0.4, 0.5) is 5.69 Å². The molecule has 3 rings (SSSR count). The summed E-state index contributed by atoms with van der Waals surface area (Å²) < 4.78 is 10.8. The van der Waals surface area contributed by atoms with Crippen molar-refractivity contribution < 1.29 is 23.9 Å². The maximum absolute atomic E-state index is 12.7. The smallest absolute Gasteiger partial charge is 0.307 e. The second kappa shape index (κ2) is 9.65. The van der Waals surface area contributed by atoms with Crippen LogP contribution in [0.1, 0.15) is 35.1 Å². The van der Waals surface area contributed by atoms with Crippen LogP contribution >= 0.6 is 0 Å². The summed E-state index contributed by atoms with van der Waals surface area (Å²) in [6.45, 7) is 1.69. The maximum atomic E-state index is 12.7. The lowest BCUT2D eigenvalue weighted by molar-refractivity contribution is -0.144. The first-order valence-corrected chi connectivity index (χ1v) is 9.39. The Labute approximate surface area is 177 Å². The van der Waals surface area contributed by atoms with E-state index < -0.39 is 23.9 Å². The van der Waals surface area contributed by atoms with Crippen molar-refractivity contribution in [3.05, 3.63) is 54.1 Å². The molecule has 11 heteroatoms. The van der Waals surface area contributed by atoms with Crippen LogP contribution < -0.4 is 5.32 Å². The number of carbonyl (C=O) groups is 3. The molecule has 162 valence electrons. The van der Waals surface area contributed by atoms with Crippen LogP contribution in [0.3, 0.4) is 0 Å². The molecule has 0 atom stereocenters. The Morgan fingerprint density at radius 1 is 1.03 bits per heavy atom. The van der Waals surface area contributed by atoms with E-state index in [1.54, 1.807) is 6.92 Å². The zero-order valence-electron chi connectivity index (χ0n) is 17.3. The number of carbonyl (C=O) groups excluding carboxylic acids is 3.